The second-order valence-corrected chi connectivity index (χ2v) is 6.99. The second-order valence-electron chi connectivity index (χ2n) is 5.01. The fourth-order valence-corrected chi connectivity index (χ4v) is 3.30. The molecule has 3 nitrogen and oxygen atoms in total. The Bertz CT molecular complexity index is 469. The van der Waals surface area contributed by atoms with E-state index >= 15 is 0 Å². The molecule has 118 valence electrons. The number of nitrogens with one attached hydrogen (secondary N) is 1. The molecule has 21 heavy (non-hydrogen) atoms. The summed E-state index contributed by atoms with van der Waals surface area (Å²) in [5, 5.41) is 4.30. The number of thioether (sulfide) groups is 1. The fourth-order valence-electron chi connectivity index (χ4n) is 1.79. The van der Waals surface area contributed by atoms with Crippen molar-refractivity contribution in [3.63, 3.8) is 0 Å². The van der Waals surface area contributed by atoms with Crippen LogP contribution in [0.5, 0.6) is 0 Å². The topological polar surface area (TPSA) is 32.3 Å². The molecule has 0 aliphatic rings. The number of likely N-dealkylation sites (N-methyl/N-ethyl adjacent to an activating group) is 1. The summed E-state index contributed by atoms with van der Waals surface area (Å²) < 4.78 is 0. The van der Waals surface area contributed by atoms with E-state index in [-0.39, 0.29) is 11.9 Å². The molecule has 1 rings (SSSR count). The number of rotatable bonds is 8. The smallest absolute Gasteiger partial charge is 0.234 e. The summed E-state index contributed by atoms with van der Waals surface area (Å²) in [5.74, 6) is 0.931. The van der Waals surface area contributed by atoms with E-state index in [1.165, 1.54) is 0 Å². The lowest BCUT2D eigenvalue weighted by atomic mass is 10.3. The molecule has 0 spiro atoms. The number of hydrogen-bond donors (Lipinski definition) is 1. The van der Waals surface area contributed by atoms with Crippen molar-refractivity contribution in [2.24, 2.45) is 0 Å². The minimum absolute atomic E-state index is 0.0673. The van der Waals surface area contributed by atoms with Crippen LogP contribution in [0.1, 0.15) is 20.8 Å². The Morgan fingerprint density at radius 1 is 1.38 bits per heavy atom. The van der Waals surface area contributed by atoms with Gasteiger partial charge in [0.25, 0.3) is 0 Å². The molecule has 0 radical (unpaired) electrons. The molecule has 0 saturated heterocycles. The van der Waals surface area contributed by atoms with Crippen LogP contribution in [-0.2, 0) is 4.79 Å². The van der Waals surface area contributed by atoms with Crippen molar-refractivity contribution in [3.8, 4) is 0 Å². The quantitative estimate of drug-likeness (QED) is 0.722. The summed E-state index contributed by atoms with van der Waals surface area (Å²) in [6.45, 7) is 8.08. The zero-order valence-electron chi connectivity index (χ0n) is 12.7. The highest BCUT2D eigenvalue weighted by atomic mass is 35.5. The Morgan fingerprint density at radius 3 is 2.71 bits per heavy atom. The van der Waals surface area contributed by atoms with Crippen molar-refractivity contribution in [1.82, 2.24) is 10.2 Å². The lowest BCUT2D eigenvalue weighted by Crippen LogP contribution is -2.40. The van der Waals surface area contributed by atoms with Crippen molar-refractivity contribution in [2.45, 2.75) is 31.7 Å². The van der Waals surface area contributed by atoms with Crippen LogP contribution in [-0.4, -0.2) is 42.2 Å². The van der Waals surface area contributed by atoms with E-state index in [0.29, 0.717) is 16.6 Å². The third-order valence-corrected chi connectivity index (χ3v) is 4.53. The standard InChI is InChI=1S/C15H22Cl2N2OS/c1-4-19(10-15(20)18-11(2)3)7-8-21-14-9-12(16)5-6-13(14)17/h5-6,9,11H,4,7-8,10H2,1-3H3,(H,18,20). The Morgan fingerprint density at radius 2 is 2.10 bits per heavy atom. The van der Waals surface area contributed by atoms with E-state index < -0.39 is 0 Å². The van der Waals surface area contributed by atoms with Gasteiger partial charge in [-0.2, -0.15) is 0 Å². The number of carbonyl (C=O) groups excluding carboxylic acids is 1. The predicted molar refractivity (Wildman–Crippen MR) is 92.6 cm³/mol. The van der Waals surface area contributed by atoms with Crippen LogP contribution in [0.2, 0.25) is 10.0 Å². The Hall–Kier alpha value is -0.420. The Kier molecular flexibility index (Phi) is 8.49. The Balaban J connectivity index is 2.41. The molecular weight excluding hydrogens is 327 g/mol. The van der Waals surface area contributed by atoms with Gasteiger partial charge in [-0.3, -0.25) is 9.69 Å². The highest BCUT2D eigenvalue weighted by Gasteiger charge is 2.10. The normalized spacial score (nSPS) is 11.2. The number of halogens is 2. The molecule has 6 heteroatoms. The van der Waals surface area contributed by atoms with Gasteiger partial charge in [0.05, 0.1) is 11.6 Å². The third kappa shape index (κ3) is 7.41. The molecule has 0 aliphatic heterocycles. The summed E-state index contributed by atoms with van der Waals surface area (Å²) in [7, 11) is 0. The summed E-state index contributed by atoms with van der Waals surface area (Å²) in [4.78, 5) is 14.8. The van der Waals surface area contributed by atoms with Crippen LogP contribution < -0.4 is 5.32 Å². The van der Waals surface area contributed by atoms with Gasteiger partial charge in [-0.1, -0.05) is 30.1 Å². The van der Waals surface area contributed by atoms with Gasteiger partial charge in [0.15, 0.2) is 0 Å². The first-order chi connectivity index (χ1) is 9.92. The molecule has 1 N–H and O–H groups in total. The Labute approximate surface area is 141 Å². The zero-order chi connectivity index (χ0) is 15.8. The van der Waals surface area contributed by atoms with Gasteiger partial charge in [-0.25, -0.2) is 0 Å². The van der Waals surface area contributed by atoms with Gasteiger partial charge in [-0.15, -0.1) is 11.8 Å². The maximum absolute atomic E-state index is 11.8. The molecule has 1 aromatic rings. The maximum Gasteiger partial charge on any atom is 0.234 e. The maximum atomic E-state index is 11.8. The van der Waals surface area contributed by atoms with E-state index in [2.05, 4.69) is 17.1 Å². The van der Waals surface area contributed by atoms with E-state index in [4.69, 9.17) is 23.2 Å². The van der Waals surface area contributed by atoms with Crippen LogP contribution in [0.4, 0.5) is 0 Å². The average Bonchev–Trinajstić information content (AvgIpc) is 2.40. The molecule has 0 atom stereocenters. The summed E-state index contributed by atoms with van der Waals surface area (Å²) in [5.41, 5.74) is 0. The first-order valence-electron chi connectivity index (χ1n) is 7.02. The van der Waals surface area contributed by atoms with Crippen LogP contribution in [0.3, 0.4) is 0 Å². The molecule has 1 amide bonds. The van der Waals surface area contributed by atoms with Gasteiger partial charge in [0, 0.05) is 28.3 Å². The lowest BCUT2D eigenvalue weighted by Gasteiger charge is -2.20. The van der Waals surface area contributed by atoms with Gasteiger partial charge < -0.3 is 5.32 Å². The first-order valence-corrected chi connectivity index (χ1v) is 8.76. The van der Waals surface area contributed by atoms with Crippen molar-refractivity contribution in [3.05, 3.63) is 28.2 Å². The average molecular weight is 349 g/mol. The number of amides is 1. The SMILES string of the molecule is CCN(CCSc1cc(Cl)ccc1Cl)CC(=O)NC(C)C. The molecule has 0 heterocycles. The minimum Gasteiger partial charge on any atom is -0.353 e. The highest BCUT2D eigenvalue weighted by molar-refractivity contribution is 7.99. The molecule has 0 unspecified atom stereocenters. The van der Waals surface area contributed by atoms with E-state index in [0.717, 1.165) is 23.7 Å². The lowest BCUT2D eigenvalue weighted by molar-refractivity contribution is -0.122. The predicted octanol–water partition coefficient (Wildman–Crippen LogP) is 3.93. The molecule has 0 bridgehead atoms. The number of carbonyl (C=O) groups is 1. The molecule has 0 aliphatic carbocycles. The highest BCUT2D eigenvalue weighted by Crippen LogP contribution is 2.29. The molecule has 1 aromatic carbocycles. The summed E-state index contributed by atoms with van der Waals surface area (Å²) >= 11 is 13.8. The number of nitrogens with zero attached hydrogens (tertiary/aromatic N) is 1. The molecule has 0 aromatic heterocycles. The van der Waals surface area contributed by atoms with Gasteiger partial charge in [0.1, 0.15) is 0 Å². The van der Waals surface area contributed by atoms with Crippen LogP contribution in [0, 0.1) is 0 Å². The van der Waals surface area contributed by atoms with Crippen molar-refractivity contribution in [2.75, 3.05) is 25.4 Å². The van der Waals surface area contributed by atoms with Crippen molar-refractivity contribution >= 4 is 40.9 Å². The summed E-state index contributed by atoms with van der Waals surface area (Å²) in [6, 6.07) is 5.63. The van der Waals surface area contributed by atoms with Crippen molar-refractivity contribution in [1.29, 1.82) is 0 Å². The summed E-state index contributed by atoms with van der Waals surface area (Å²) in [6.07, 6.45) is 0. The molecule has 0 fully saturated rings. The molecular formula is C15H22Cl2N2OS. The van der Waals surface area contributed by atoms with Crippen molar-refractivity contribution < 1.29 is 4.79 Å². The minimum atomic E-state index is 0.0673. The van der Waals surface area contributed by atoms with Gasteiger partial charge in [-0.05, 0) is 38.6 Å². The van der Waals surface area contributed by atoms with Crippen LogP contribution >= 0.6 is 35.0 Å². The fraction of sp³-hybridized carbons (Fsp3) is 0.533. The zero-order valence-corrected chi connectivity index (χ0v) is 15.0. The monoisotopic (exact) mass is 348 g/mol. The van der Waals surface area contributed by atoms with Crippen LogP contribution in [0.15, 0.2) is 23.1 Å². The third-order valence-electron chi connectivity index (χ3n) is 2.82. The van der Waals surface area contributed by atoms with Gasteiger partial charge >= 0.3 is 0 Å². The van der Waals surface area contributed by atoms with E-state index in [1.807, 2.05) is 19.9 Å². The number of benzene rings is 1. The first kappa shape index (κ1) is 18.6. The van der Waals surface area contributed by atoms with E-state index in [1.54, 1.807) is 23.9 Å². The second kappa shape index (κ2) is 9.57. The van der Waals surface area contributed by atoms with E-state index in [9.17, 15) is 4.79 Å². The van der Waals surface area contributed by atoms with Crippen LogP contribution in [0.25, 0.3) is 0 Å². The van der Waals surface area contributed by atoms with Gasteiger partial charge in [0.2, 0.25) is 5.91 Å². The number of hydrogen-bond acceptors (Lipinski definition) is 3. The molecule has 0 saturated carbocycles. The largest absolute Gasteiger partial charge is 0.353 e.